The Balaban J connectivity index is 1.96. The van der Waals surface area contributed by atoms with Crippen LogP contribution in [0.2, 0.25) is 0 Å². The van der Waals surface area contributed by atoms with E-state index in [9.17, 15) is 9.59 Å². The summed E-state index contributed by atoms with van der Waals surface area (Å²) in [7, 11) is 0. The average molecular weight is 237 g/mol. The van der Waals surface area contributed by atoms with Gasteiger partial charge in [0.25, 0.3) is 0 Å². The highest BCUT2D eigenvalue weighted by molar-refractivity contribution is 7.12. The fourth-order valence-corrected chi connectivity index (χ4v) is 2.63. The topological polar surface area (TPSA) is 37.4 Å². The molecule has 86 valence electrons. The van der Waals surface area contributed by atoms with Crippen LogP contribution in [0.3, 0.4) is 0 Å². The second kappa shape index (κ2) is 4.78. The molecule has 3 nitrogen and oxygen atoms in total. The predicted octanol–water partition coefficient (Wildman–Crippen LogP) is 2.19. The molecule has 1 atom stereocenters. The van der Waals surface area contributed by atoms with Crippen LogP contribution in [-0.4, -0.2) is 29.7 Å². The number of Topliss-reactive ketones (excluding diaryl/α,β-unsaturated/α-hetero) is 1. The molecule has 1 aliphatic heterocycles. The van der Waals surface area contributed by atoms with Gasteiger partial charge in [0.15, 0.2) is 5.78 Å². The third-order valence-electron chi connectivity index (χ3n) is 3.00. The summed E-state index contributed by atoms with van der Waals surface area (Å²) >= 11 is 1.43. The van der Waals surface area contributed by atoms with E-state index in [0.717, 1.165) is 17.8 Å². The normalized spacial score (nSPS) is 20.4. The number of nitrogens with zero attached hydrogens (tertiary/aromatic N) is 1. The van der Waals surface area contributed by atoms with E-state index in [-0.39, 0.29) is 18.2 Å². The molecule has 0 bridgehead atoms. The first kappa shape index (κ1) is 11.3. The maximum Gasteiger partial charge on any atom is 0.223 e. The number of carbonyl (C=O) groups excluding carboxylic acids is 2. The number of hydrogen-bond acceptors (Lipinski definition) is 3. The van der Waals surface area contributed by atoms with Gasteiger partial charge < -0.3 is 4.90 Å². The lowest BCUT2D eigenvalue weighted by Gasteiger charge is -2.14. The molecular weight excluding hydrogens is 222 g/mol. The largest absolute Gasteiger partial charge is 0.335 e. The molecule has 4 heteroatoms. The van der Waals surface area contributed by atoms with Gasteiger partial charge >= 0.3 is 0 Å². The third-order valence-corrected chi connectivity index (χ3v) is 3.91. The van der Waals surface area contributed by atoms with Crippen molar-refractivity contribution in [2.75, 3.05) is 13.1 Å². The fraction of sp³-hybridized carbons (Fsp3) is 0.500. The van der Waals surface area contributed by atoms with Gasteiger partial charge in [-0.2, -0.15) is 0 Å². The first-order valence-electron chi connectivity index (χ1n) is 5.55. The predicted molar refractivity (Wildman–Crippen MR) is 63.6 cm³/mol. The molecule has 1 fully saturated rings. The summed E-state index contributed by atoms with van der Waals surface area (Å²) < 4.78 is 0. The fourth-order valence-electron chi connectivity index (χ4n) is 1.97. The maximum absolute atomic E-state index is 11.8. The number of ketones is 1. The zero-order valence-corrected chi connectivity index (χ0v) is 10.1. The van der Waals surface area contributed by atoms with Crippen LogP contribution in [0.15, 0.2) is 17.5 Å². The first-order chi connectivity index (χ1) is 7.70. The molecule has 2 heterocycles. The van der Waals surface area contributed by atoms with Crippen molar-refractivity contribution in [1.29, 1.82) is 0 Å². The zero-order valence-electron chi connectivity index (χ0n) is 9.31. The van der Waals surface area contributed by atoms with Gasteiger partial charge in [-0.05, 0) is 17.4 Å². The monoisotopic (exact) mass is 237 g/mol. The zero-order chi connectivity index (χ0) is 11.5. The number of amides is 1. The molecule has 1 saturated heterocycles. The summed E-state index contributed by atoms with van der Waals surface area (Å²) in [6, 6.07) is 3.67. The molecule has 1 unspecified atom stereocenters. The van der Waals surface area contributed by atoms with Gasteiger partial charge in [0.2, 0.25) is 5.91 Å². The van der Waals surface area contributed by atoms with E-state index in [1.165, 1.54) is 11.3 Å². The molecule has 1 aromatic heterocycles. The van der Waals surface area contributed by atoms with Gasteiger partial charge in [0.05, 0.1) is 11.4 Å². The van der Waals surface area contributed by atoms with E-state index in [0.29, 0.717) is 12.3 Å². The number of thiophene rings is 1. The standard InChI is InChI=1S/C12H15NO2S/c1-2-9-6-12(15)13(7-9)8-10(14)11-4-3-5-16-11/h3-5,9H,2,6-8H2,1H3. The van der Waals surface area contributed by atoms with E-state index < -0.39 is 0 Å². The second-order valence-corrected chi connectivity index (χ2v) is 5.10. The first-order valence-corrected chi connectivity index (χ1v) is 6.43. The molecule has 0 aromatic carbocycles. The van der Waals surface area contributed by atoms with Crippen LogP contribution in [0.1, 0.15) is 29.4 Å². The van der Waals surface area contributed by atoms with Gasteiger partial charge in [-0.15, -0.1) is 11.3 Å². The number of rotatable bonds is 4. The van der Waals surface area contributed by atoms with Crippen LogP contribution in [0.4, 0.5) is 0 Å². The molecule has 0 aliphatic carbocycles. The summed E-state index contributed by atoms with van der Waals surface area (Å²) in [5.74, 6) is 0.612. The number of likely N-dealkylation sites (tertiary alicyclic amines) is 1. The lowest BCUT2D eigenvalue weighted by atomic mass is 10.1. The van der Waals surface area contributed by atoms with E-state index in [4.69, 9.17) is 0 Å². The minimum Gasteiger partial charge on any atom is -0.335 e. The maximum atomic E-state index is 11.8. The highest BCUT2D eigenvalue weighted by atomic mass is 32.1. The molecule has 16 heavy (non-hydrogen) atoms. The minimum atomic E-state index is 0.0557. The van der Waals surface area contributed by atoms with Crippen molar-refractivity contribution in [3.05, 3.63) is 22.4 Å². The molecular formula is C12H15NO2S. The Kier molecular flexibility index (Phi) is 3.39. The van der Waals surface area contributed by atoms with Gasteiger partial charge in [-0.25, -0.2) is 0 Å². The van der Waals surface area contributed by atoms with E-state index in [1.807, 2.05) is 17.5 Å². The molecule has 0 spiro atoms. The third kappa shape index (κ3) is 2.32. The Morgan fingerprint density at radius 1 is 1.62 bits per heavy atom. The molecule has 1 amide bonds. The number of carbonyl (C=O) groups is 2. The lowest BCUT2D eigenvalue weighted by Crippen LogP contribution is -2.31. The van der Waals surface area contributed by atoms with E-state index in [1.54, 1.807) is 4.90 Å². The lowest BCUT2D eigenvalue weighted by molar-refractivity contribution is -0.127. The van der Waals surface area contributed by atoms with Crippen LogP contribution in [-0.2, 0) is 4.79 Å². The second-order valence-electron chi connectivity index (χ2n) is 4.15. The van der Waals surface area contributed by atoms with E-state index in [2.05, 4.69) is 6.92 Å². The van der Waals surface area contributed by atoms with Gasteiger partial charge in [0, 0.05) is 13.0 Å². The molecule has 2 rings (SSSR count). The Hall–Kier alpha value is -1.16. The molecule has 0 radical (unpaired) electrons. The average Bonchev–Trinajstić information content (AvgIpc) is 2.88. The molecule has 1 aromatic rings. The Bertz CT molecular complexity index is 386. The minimum absolute atomic E-state index is 0.0557. The Morgan fingerprint density at radius 2 is 2.44 bits per heavy atom. The van der Waals surface area contributed by atoms with Gasteiger partial charge in [0.1, 0.15) is 0 Å². The van der Waals surface area contributed by atoms with Gasteiger partial charge in [-0.1, -0.05) is 19.4 Å². The molecule has 0 saturated carbocycles. The van der Waals surface area contributed by atoms with Crippen molar-refractivity contribution in [2.24, 2.45) is 5.92 Å². The number of hydrogen-bond donors (Lipinski definition) is 0. The smallest absolute Gasteiger partial charge is 0.223 e. The highest BCUT2D eigenvalue weighted by Gasteiger charge is 2.29. The quantitative estimate of drug-likeness (QED) is 0.753. The van der Waals surface area contributed by atoms with Crippen LogP contribution in [0.5, 0.6) is 0 Å². The Labute approximate surface area is 99.1 Å². The van der Waals surface area contributed by atoms with Crippen LogP contribution >= 0.6 is 11.3 Å². The van der Waals surface area contributed by atoms with E-state index >= 15 is 0 Å². The Morgan fingerprint density at radius 3 is 3.00 bits per heavy atom. The van der Waals surface area contributed by atoms with Crippen molar-refractivity contribution in [3.8, 4) is 0 Å². The van der Waals surface area contributed by atoms with Crippen molar-refractivity contribution >= 4 is 23.0 Å². The summed E-state index contributed by atoms with van der Waals surface area (Å²) in [5.41, 5.74) is 0. The van der Waals surface area contributed by atoms with Crippen LogP contribution in [0, 0.1) is 5.92 Å². The van der Waals surface area contributed by atoms with Crippen LogP contribution < -0.4 is 0 Å². The van der Waals surface area contributed by atoms with Crippen LogP contribution in [0.25, 0.3) is 0 Å². The van der Waals surface area contributed by atoms with Crippen molar-refractivity contribution in [1.82, 2.24) is 4.90 Å². The molecule has 1 aliphatic rings. The highest BCUT2D eigenvalue weighted by Crippen LogP contribution is 2.21. The van der Waals surface area contributed by atoms with Crippen molar-refractivity contribution < 1.29 is 9.59 Å². The van der Waals surface area contributed by atoms with Gasteiger partial charge in [-0.3, -0.25) is 9.59 Å². The summed E-state index contributed by atoms with van der Waals surface area (Å²) in [4.78, 5) is 25.9. The van der Waals surface area contributed by atoms with Crippen molar-refractivity contribution in [2.45, 2.75) is 19.8 Å². The van der Waals surface area contributed by atoms with Crippen molar-refractivity contribution in [3.63, 3.8) is 0 Å². The SMILES string of the molecule is CCC1CC(=O)N(CC(=O)c2cccs2)C1. The molecule has 0 N–H and O–H groups in total. The summed E-state index contributed by atoms with van der Waals surface area (Å²) in [5, 5.41) is 1.88. The summed E-state index contributed by atoms with van der Waals surface area (Å²) in [6.45, 7) is 3.07. The summed E-state index contributed by atoms with van der Waals surface area (Å²) in [6.07, 6.45) is 1.61.